The molecule has 124 valence electrons. The molecule has 1 amide bonds. The molecule has 0 aromatic heterocycles. The maximum atomic E-state index is 11.4. The third-order valence-corrected chi connectivity index (χ3v) is 3.07. The van der Waals surface area contributed by atoms with Gasteiger partial charge in [0.1, 0.15) is 6.23 Å². The first-order valence-electron chi connectivity index (χ1n) is 7.21. The first-order chi connectivity index (χ1) is 10.9. The van der Waals surface area contributed by atoms with E-state index in [0.717, 1.165) is 5.56 Å². The number of esters is 1. The molecule has 0 saturated heterocycles. The van der Waals surface area contributed by atoms with Crippen molar-refractivity contribution < 1.29 is 19.4 Å². The number of carbonyl (C=O) groups excluding carboxylic acids is 2. The van der Waals surface area contributed by atoms with Crippen LogP contribution in [0.2, 0.25) is 0 Å². The van der Waals surface area contributed by atoms with Crippen LogP contribution in [0.5, 0.6) is 0 Å². The fraction of sp³-hybridized carbons (Fsp3) is 0.412. The minimum Gasteiger partial charge on any atom is -0.468 e. The van der Waals surface area contributed by atoms with Crippen molar-refractivity contribution in [1.29, 1.82) is 0 Å². The van der Waals surface area contributed by atoms with Gasteiger partial charge in [-0.2, -0.15) is 0 Å². The van der Waals surface area contributed by atoms with E-state index in [1.54, 1.807) is 32.3 Å². The summed E-state index contributed by atoms with van der Waals surface area (Å²) in [4.78, 5) is 24.0. The Bertz CT molecular complexity index is 602. The van der Waals surface area contributed by atoms with Gasteiger partial charge >= 0.3 is 5.97 Å². The minimum absolute atomic E-state index is 0.0375. The molecule has 1 rings (SSSR count). The molecule has 0 bridgehead atoms. The van der Waals surface area contributed by atoms with Gasteiger partial charge < -0.3 is 14.7 Å². The van der Waals surface area contributed by atoms with Crippen LogP contribution in [0.25, 0.3) is 0 Å². The van der Waals surface area contributed by atoms with Crippen LogP contribution in [0, 0.1) is 11.8 Å². The monoisotopic (exact) mass is 318 g/mol. The number of benzene rings is 1. The normalized spacial score (nSPS) is 11.1. The molecule has 0 aliphatic heterocycles. The summed E-state index contributed by atoms with van der Waals surface area (Å²) in [5.74, 6) is 5.48. The molecule has 6 nitrogen and oxygen atoms in total. The molecular formula is C17H22N2O4. The molecule has 0 spiro atoms. The maximum absolute atomic E-state index is 11.4. The SMILES string of the molecule is COC(=O)CNC(O)c1cccc(C#CCCC(=O)N(C)C)c1. The Labute approximate surface area is 136 Å². The zero-order valence-corrected chi connectivity index (χ0v) is 13.6. The molecule has 23 heavy (non-hydrogen) atoms. The lowest BCUT2D eigenvalue weighted by Crippen LogP contribution is -2.28. The van der Waals surface area contributed by atoms with Crippen LogP contribution < -0.4 is 5.32 Å². The molecule has 1 aromatic rings. The van der Waals surface area contributed by atoms with Gasteiger partial charge in [0, 0.05) is 32.5 Å². The van der Waals surface area contributed by atoms with Crippen molar-refractivity contribution in [3.05, 3.63) is 35.4 Å². The Hall–Kier alpha value is -2.36. The second-order valence-corrected chi connectivity index (χ2v) is 5.07. The van der Waals surface area contributed by atoms with E-state index >= 15 is 0 Å². The van der Waals surface area contributed by atoms with Crippen LogP contribution in [0.1, 0.15) is 30.2 Å². The summed E-state index contributed by atoms with van der Waals surface area (Å²) in [5.41, 5.74) is 1.34. The summed E-state index contributed by atoms with van der Waals surface area (Å²) < 4.78 is 4.50. The van der Waals surface area contributed by atoms with E-state index in [0.29, 0.717) is 18.4 Å². The fourth-order valence-corrected chi connectivity index (χ4v) is 1.71. The van der Waals surface area contributed by atoms with Crippen molar-refractivity contribution in [3.63, 3.8) is 0 Å². The molecule has 0 saturated carbocycles. The summed E-state index contributed by atoms with van der Waals surface area (Å²) in [6, 6.07) is 7.05. The van der Waals surface area contributed by atoms with Crippen molar-refractivity contribution in [1.82, 2.24) is 10.2 Å². The van der Waals surface area contributed by atoms with Crippen molar-refractivity contribution in [3.8, 4) is 11.8 Å². The number of aliphatic hydroxyl groups excluding tert-OH is 1. The summed E-state index contributed by atoms with van der Waals surface area (Å²) in [7, 11) is 4.71. The lowest BCUT2D eigenvalue weighted by atomic mass is 10.1. The summed E-state index contributed by atoms with van der Waals surface area (Å²) in [6.45, 7) is -0.0831. The molecule has 0 aliphatic carbocycles. The number of hydrogen-bond donors (Lipinski definition) is 2. The largest absolute Gasteiger partial charge is 0.468 e. The molecule has 2 N–H and O–H groups in total. The van der Waals surface area contributed by atoms with Crippen LogP contribution in [-0.2, 0) is 14.3 Å². The standard InChI is InChI=1S/C17H22N2O4/c1-19(2)15(20)10-5-4-7-13-8-6-9-14(11-13)17(22)18-12-16(21)23-3/h6,8-9,11,17-18,22H,5,10,12H2,1-3H3. The smallest absolute Gasteiger partial charge is 0.319 e. The van der Waals surface area contributed by atoms with Crippen molar-refractivity contribution in [2.75, 3.05) is 27.7 Å². The number of aliphatic hydroxyl groups is 1. The van der Waals surface area contributed by atoms with Gasteiger partial charge in [0.15, 0.2) is 0 Å². The van der Waals surface area contributed by atoms with E-state index in [-0.39, 0.29) is 12.5 Å². The van der Waals surface area contributed by atoms with E-state index in [1.807, 2.05) is 6.07 Å². The van der Waals surface area contributed by atoms with E-state index in [4.69, 9.17) is 0 Å². The van der Waals surface area contributed by atoms with Crippen LogP contribution >= 0.6 is 0 Å². The highest BCUT2D eigenvalue weighted by atomic mass is 16.5. The van der Waals surface area contributed by atoms with Gasteiger partial charge in [0.05, 0.1) is 13.7 Å². The highest BCUT2D eigenvalue weighted by molar-refractivity contribution is 5.75. The lowest BCUT2D eigenvalue weighted by Gasteiger charge is -2.12. The lowest BCUT2D eigenvalue weighted by molar-refractivity contribution is -0.140. The average molecular weight is 318 g/mol. The van der Waals surface area contributed by atoms with Gasteiger partial charge in [0.2, 0.25) is 5.91 Å². The third-order valence-electron chi connectivity index (χ3n) is 3.07. The number of ether oxygens (including phenoxy) is 1. The topological polar surface area (TPSA) is 78.9 Å². The predicted octanol–water partition coefficient (Wildman–Crippen LogP) is 0.660. The summed E-state index contributed by atoms with van der Waals surface area (Å²) in [6.07, 6.45) is -0.126. The average Bonchev–Trinajstić information content (AvgIpc) is 2.56. The van der Waals surface area contributed by atoms with Crippen molar-refractivity contribution in [2.45, 2.75) is 19.1 Å². The molecule has 0 aliphatic rings. The van der Waals surface area contributed by atoms with Crippen LogP contribution in [0.4, 0.5) is 0 Å². The van der Waals surface area contributed by atoms with Gasteiger partial charge in [-0.15, -0.1) is 0 Å². The zero-order valence-electron chi connectivity index (χ0n) is 13.6. The molecule has 1 unspecified atom stereocenters. The highest BCUT2D eigenvalue weighted by Gasteiger charge is 2.09. The van der Waals surface area contributed by atoms with Gasteiger partial charge in [-0.3, -0.25) is 14.9 Å². The van der Waals surface area contributed by atoms with Gasteiger partial charge in [-0.05, 0) is 17.7 Å². The molecule has 1 aromatic carbocycles. The number of carbonyl (C=O) groups is 2. The number of methoxy groups -OCH3 is 1. The van der Waals surface area contributed by atoms with Gasteiger partial charge in [-0.25, -0.2) is 0 Å². The summed E-state index contributed by atoms with van der Waals surface area (Å²) in [5, 5.41) is 12.6. The van der Waals surface area contributed by atoms with Crippen LogP contribution in [0.15, 0.2) is 24.3 Å². The Morgan fingerprint density at radius 1 is 1.39 bits per heavy atom. The fourth-order valence-electron chi connectivity index (χ4n) is 1.71. The number of nitrogens with one attached hydrogen (secondary N) is 1. The second kappa shape index (κ2) is 9.62. The maximum Gasteiger partial charge on any atom is 0.319 e. The van der Waals surface area contributed by atoms with Gasteiger partial charge in [0.25, 0.3) is 0 Å². The zero-order chi connectivity index (χ0) is 17.2. The van der Waals surface area contributed by atoms with Crippen LogP contribution in [-0.4, -0.2) is 49.6 Å². The molecule has 0 fully saturated rings. The minimum atomic E-state index is -0.980. The third kappa shape index (κ3) is 6.96. The molecule has 1 atom stereocenters. The number of rotatable bonds is 6. The second-order valence-electron chi connectivity index (χ2n) is 5.07. The van der Waals surface area contributed by atoms with Crippen molar-refractivity contribution >= 4 is 11.9 Å². The Morgan fingerprint density at radius 2 is 2.13 bits per heavy atom. The number of nitrogens with zero attached hydrogens (tertiary/aromatic N) is 1. The quantitative estimate of drug-likeness (QED) is 0.458. The van der Waals surface area contributed by atoms with E-state index < -0.39 is 12.2 Å². The van der Waals surface area contributed by atoms with Gasteiger partial charge in [-0.1, -0.05) is 24.0 Å². The number of amides is 1. The highest BCUT2D eigenvalue weighted by Crippen LogP contribution is 2.11. The van der Waals surface area contributed by atoms with Crippen molar-refractivity contribution in [2.24, 2.45) is 0 Å². The predicted molar refractivity (Wildman–Crippen MR) is 86.2 cm³/mol. The molecule has 0 heterocycles. The molecule has 0 radical (unpaired) electrons. The summed E-state index contributed by atoms with van der Waals surface area (Å²) >= 11 is 0. The Kier molecular flexibility index (Phi) is 7.81. The van der Waals surface area contributed by atoms with Crippen LogP contribution in [0.3, 0.4) is 0 Å². The van der Waals surface area contributed by atoms with E-state index in [1.165, 1.54) is 12.0 Å². The first kappa shape index (κ1) is 18.7. The van der Waals surface area contributed by atoms with E-state index in [9.17, 15) is 14.7 Å². The Balaban J connectivity index is 2.59. The molecule has 6 heteroatoms. The number of hydrogen-bond acceptors (Lipinski definition) is 5. The first-order valence-corrected chi connectivity index (χ1v) is 7.21. The van der Waals surface area contributed by atoms with E-state index in [2.05, 4.69) is 21.9 Å². The molecular weight excluding hydrogens is 296 g/mol. The Morgan fingerprint density at radius 3 is 2.78 bits per heavy atom.